The van der Waals surface area contributed by atoms with Gasteiger partial charge in [0.15, 0.2) is 0 Å². The summed E-state index contributed by atoms with van der Waals surface area (Å²) < 4.78 is 58.2. The van der Waals surface area contributed by atoms with Gasteiger partial charge in [0.1, 0.15) is 30.6 Å². The number of halogens is 4. The minimum Gasteiger partial charge on any atom is -0.385 e. The molecular weight excluding hydrogens is 1750 g/mol. The Morgan fingerprint density at radius 1 is 0.453 bits per heavy atom. The zero-order valence-electron chi connectivity index (χ0n) is 80.7. The Balaban J connectivity index is 0.000000139. The normalized spacial score (nSPS) is 26.3. The summed E-state index contributed by atoms with van der Waals surface area (Å²) in [5.41, 5.74) is 5.27. The monoisotopic (exact) mass is 1870 g/mol. The van der Waals surface area contributed by atoms with Crippen molar-refractivity contribution in [2.75, 3.05) is 149 Å². The fourth-order valence-electron chi connectivity index (χ4n) is 23.2. The molecule has 4 spiro atoms. The van der Waals surface area contributed by atoms with E-state index >= 15 is 0 Å². The predicted molar refractivity (Wildman–Crippen MR) is 512 cm³/mol. The molecule has 0 atom stereocenters. The number of amides is 9. The zero-order valence-corrected chi connectivity index (χ0v) is 80.7. The second-order valence-corrected chi connectivity index (χ2v) is 40.4. The summed E-state index contributed by atoms with van der Waals surface area (Å²) >= 11 is 0. The first kappa shape index (κ1) is 99.2. The number of likely N-dealkylation sites (N-methyl/N-ethyl adjacent to an activating group) is 1. The lowest BCUT2D eigenvalue weighted by Gasteiger charge is -2.53. The maximum absolute atomic E-state index is 14.1. The standard InChI is InChI=1S/C27H34N6O.C26H33FN6O2.C25H30F3N5O.C25H31N7O2/c1-25(10-7-11-25)19-33-24(34)32(22-17-29-23(16-28)30-18-22)20-26(33)12-14-27(15-13-26,31(2)3)21-8-5-4-6-9-21;1-31(2)26(20-7-6-8-21(27)15-20)11-9-25(10-12-26)19-32(22-17-29-23(16-28)30-18-22)24(34)33(25)13-4-5-14-35-3;1-29-24(19-8-3-2-4-9-19)12-10-23(11-13-24)17-32(22(34)33(23)16-18-6-5-7-18)20-14-30-21(31-15-20)25(26,27)28;1-29(2)22(33)17-32-23(34)31(20-15-27-21(14-26)28-16-20)18-24(32)10-12-25(13-11-24,30(3)4)19-8-6-5-7-9-19/h4-6,8-9,17-18H,7,10-15,19-20H2,1-3H3;6-8,15,17-18H,4-5,9-14,19H2,1-3H3;2-4,8-9,14-15,18,29H,5-7,10-13,16-17H2,1H3;5-9,15-16H,10-13,17-18H2,1-4H3. The Morgan fingerprint density at radius 3 is 1.17 bits per heavy atom. The van der Waals surface area contributed by atoms with E-state index in [2.05, 4.69) is 167 Å². The van der Waals surface area contributed by atoms with E-state index in [1.165, 1.54) is 65.7 Å². The Bertz CT molecular complexity index is 5650. The molecule has 6 aliphatic carbocycles. The lowest BCUT2D eigenvalue weighted by atomic mass is 9.66. The fourth-order valence-corrected chi connectivity index (χ4v) is 23.2. The van der Waals surface area contributed by atoms with Crippen LogP contribution in [0.3, 0.4) is 0 Å². The molecular formula is C103H128F4N24O6. The van der Waals surface area contributed by atoms with Gasteiger partial charge in [-0.15, -0.1) is 0 Å². The number of carbonyl (C=O) groups is 5. The van der Waals surface area contributed by atoms with Crippen molar-refractivity contribution in [3.63, 3.8) is 0 Å². The van der Waals surface area contributed by atoms with Crippen molar-refractivity contribution in [2.24, 2.45) is 11.3 Å². The van der Waals surface area contributed by atoms with Gasteiger partial charge in [-0.25, -0.2) is 63.4 Å². The van der Waals surface area contributed by atoms with E-state index in [0.29, 0.717) is 74.5 Å². The molecule has 10 aliphatic rings. The molecule has 724 valence electrons. The van der Waals surface area contributed by atoms with Gasteiger partial charge in [0.25, 0.3) is 0 Å². The number of hydrogen-bond donors (Lipinski definition) is 1. The molecule has 10 fully saturated rings. The number of carbonyl (C=O) groups excluding carboxylic acids is 5. The molecule has 6 saturated carbocycles. The summed E-state index contributed by atoms with van der Waals surface area (Å²) in [4.78, 5) is 122. The van der Waals surface area contributed by atoms with Crippen molar-refractivity contribution in [2.45, 2.75) is 212 Å². The number of ether oxygens (including phenoxy) is 1. The van der Waals surface area contributed by atoms with Gasteiger partial charge < -0.3 is 34.6 Å². The van der Waals surface area contributed by atoms with E-state index in [9.17, 15) is 41.5 Å². The van der Waals surface area contributed by atoms with Crippen LogP contribution >= 0.6 is 0 Å². The summed E-state index contributed by atoms with van der Waals surface area (Å²) in [6.07, 6.45) is 29.5. The molecule has 30 nitrogen and oxygen atoms in total. The number of aromatic nitrogens is 8. The maximum Gasteiger partial charge on any atom is 0.451 e. The van der Waals surface area contributed by atoms with Crippen LogP contribution in [-0.2, 0) is 37.9 Å². The highest BCUT2D eigenvalue weighted by Crippen LogP contribution is 2.56. The highest BCUT2D eigenvalue weighted by molar-refractivity contribution is 5.99. The third kappa shape index (κ3) is 19.9. The molecule has 0 bridgehead atoms. The van der Waals surface area contributed by atoms with Gasteiger partial charge in [-0.3, -0.25) is 39.1 Å². The van der Waals surface area contributed by atoms with Crippen LogP contribution in [0.15, 0.2) is 165 Å². The van der Waals surface area contributed by atoms with E-state index in [4.69, 9.17) is 20.5 Å². The first-order valence-electron chi connectivity index (χ1n) is 47.9. The number of alkyl halides is 3. The van der Waals surface area contributed by atoms with Crippen LogP contribution in [0.25, 0.3) is 0 Å². The number of anilines is 4. The maximum atomic E-state index is 14.1. The van der Waals surface area contributed by atoms with Crippen LogP contribution < -0.4 is 24.9 Å². The molecule has 4 saturated heterocycles. The zero-order chi connectivity index (χ0) is 97.5. The summed E-state index contributed by atoms with van der Waals surface area (Å²) in [6, 6.07) is 44.0. The lowest BCUT2D eigenvalue weighted by molar-refractivity contribution is -0.145. The molecule has 34 heteroatoms. The number of nitrogens with zero attached hydrogens (tertiary/aromatic N) is 23. The minimum absolute atomic E-state index is 0.0213. The molecule has 4 aromatic heterocycles. The quantitative estimate of drug-likeness (QED) is 0.0459. The van der Waals surface area contributed by atoms with Crippen LogP contribution in [0, 0.1) is 51.1 Å². The van der Waals surface area contributed by atoms with Crippen LogP contribution in [0.5, 0.6) is 0 Å². The Morgan fingerprint density at radius 2 is 0.810 bits per heavy atom. The highest BCUT2D eigenvalue weighted by Gasteiger charge is 2.61. The molecule has 8 aromatic rings. The van der Waals surface area contributed by atoms with Gasteiger partial charge in [-0.2, -0.15) is 29.0 Å². The lowest BCUT2D eigenvalue weighted by Crippen LogP contribution is -2.57. The third-order valence-corrected chi connectivity index (χ3v) is 32.3. The van der Waals surface area contributed by atoms with E-state index < -0.39 is 17.5 Å². The van der Waals surface area contributed by atoms with Gasteiger partial charge in [0, 0.05) is 69.6 Å². The molecule has 8 heterocycles. The minimum atomic E-state index is -4.61. The van der Waals surface area contributed by atoms with Crippen LogP contribution in [0.2, 0.25) is 0 Å². The molecule has 4 aromatic carbocycles. The topological polar surface area (TPSA) is 320 Å². The van der Waals surface area contributed by atoms with E-state index in [0.717, 1.165) is 153 Å². The van der Waals surface area contributed by atoms with Gasteiger partial charge in [0.2, 0.25) is 29.2 Å². The predicted octanol–water partition coefficient (Wildman–Crippen LogP) is 15.9. The summed E-state index contributed by atoms with van der Waals surface area (Å²) in [7, 11) is 19.8. The first-order chi connectivity index (χ1) is 65.6. The summed E-state index contributed by atoms with van der Waals surface area (Å²) in [5.74, 6) is -0.778. The summed E-state index contributed by atoms with van der Waals surface area (Å²) in [5, 5.41) is 30.7. The number of hydrogen-bond acceptors (Lipinski definition) is 21. The van der Waals surface area contributed by atoms with Crippen molar-refractivity contribution < 1.29 is 46.3 Å². The van der Waals surface area contributed by atoms with Gasteiger partial charge >= 0.3 is 30.3 Å². The van der Waals surface area contributed by atoms with Crippen molar-refractivity contribution in [3.8, 4) is 18.2 Å². The largest absolute Gasteiger partial charge is 0.451 e. The van der Waals surface area contributed by atoms with Crippen molar-refractivity contribution in [1.82, 2.24) is 84.4 Å². The first-order valence-corrected chi connectivity index (χ1v) is 47.9. The fraction of sp³-hybridized carbons (Fsp3) is 0.534. The smallest absolute Gasteiger partial charge is 0.385 e. The second-order valence-electron chi connectivity index (χ2n) is 40.4. The van der Waals surface area contributed by atoms with E-state index in [1.807, 2.05) is 84.4 Å². The molecule has 0 unspecified atom stereocenters. The Hall–Kier alpha value is -12.3. The molecule has 1 N–H and O–H groups in total. The number of rotatable bonds is 23. The average molecular weight is 1870 g/mol. The van der Waals surface area contributed by atoms with Gasteiger partial charge in [-0.05, 0) is 236 Å². The number of nitrogens with one attached hydrogen (secondary N) is 1. The van der Waals surface area contributed by atoms with Crippen molar-refractivity contribution in [1.29, 1.82) is 15.8 Å². The number of methoxy groups -OCH3 is 1. The van der Waals surface area contributed by atoms with Crippen LogP contribution in [0.1, 0.15) is 207 Å². The molecule has 0 radical (unpaired) electrons. The highest BCUT2D eigenvalue weighted by atomic mass is 19.4. The molecule has 9 amide bonds. The number of unbranched alkanes of at least 4 members (excludes halogenated alkanes) is 1. The summed E-state index contributed by atoms with van der Waals surface area (Å²) in [6.45, 7) is 7.25. The van der Waals surface area contributed by atoms with Gasteiger partial charge in [0.05, 0.1) is 121 Å². The third-order valence-electron chi connectivity index (χ3n) is 32.3. The number of nitriles is 3. The van der Waals surface area contributed by atoms with E-state index in [-0.39, 0.29) is 104 Å². The second kappa shape index (κ2) is 40.8. The Kier molecular flexibility index (Phi) is 29.6. The van der Waals surface area contributed by atoms with Crippen LogP contribution in [-0.4, -0.2) is 261 Å². The molecule has 18 rings (SSSR count). The van der Waals surface area contributed by atoms with Crippen LogP contribution in [0.4, 0.5) is 59.5 Å². The SMILES string of the molecule is CN(C)C(=O)CN1C(=O)N(c2cnc(C#N)nc2)CC12CCC(c1ccccc1)(N(C)C)CC2.CN(C)C1(c2ccccc2)CCC2(CC1)CN(c1cnc(C#N)nc1)C(=O)N2CC1(C)CCC1.CNC1(c2ccccc2)CCC2(CC1)CN(c1cnc(C(F)(F)F)nc1)C(=O)N2CC1CCC1.COCCCCN1C(=O)N(c2cnc(C#N)nc2)CC12CCC(c1cccc(F)c1)(N(C)C)CC2. The molecule has 137 heavy (non-hydrogen) atoms. The van der Waals surface area contributed by atoms with Gasteiger partial charge in [-0.1, -0.05) is 123 Å². The Labute approximate surface area is 801 Å². The van der Waals surface area contributed by atoms with E-state index in [1.54, 1.807) is 77.7 Å². The average Bonchev–Trinajstić information content (AvgIpc) is 1.65. The van der Waals surface area contributed by atoms with Crippen molar-refractivity contribution in [3.05, 3.63) is 216 Å². The van der Waals surface area contributed by atoms with Crippen molar-refractivity contribution >= 4 is 52.8 Å². The number of urea groups is 4. The molecule has 4 aliphatic heterocycles. The number of benzene rings is 4.